The Bertz CT molecular complexity index is 1170. The van der Waals surface area contributed by atoms with Gasteiger partial charge >= 0.3 is 0 Å². The first kappa shape index (κ1) is 15.0. The number of hydrogen-bond acceptors (Lipinski definition) is 4. The Kier molecular flexibility index (Phi) is 3.25. The molecule has 6 heteroatoms. The van der Waals surface area contributed by atoms with E-state index in [2.05, 4.69) is 39.3 Å². The lowest BCUT2D eigenvalue weighted by Crippen LogP contribution is -2.17. The maximum absolute atomic E-state index is 12.2. The molecule has 5 rings (SSSR count). The van der Waals surface area contributed by atoms with Crippen LogP contribution in [0, 0.1) is 0 Å². The van der Waals surface area contributed by atoms with E-state index in [4.69, 9.17) is 0 Å². The molecule has 0 atom stereocenters. The van der Waals surface area contributed by atoms with E-state index in [-0.39, 0.29) is 11.6 Å². The van der Waals surface area contributed by atoms with E-state index in [0.29, 0.717) is 10.9 Å². The highest BCUT2D eigenvalue weighted by Crippen LogP contribution is 2.32. The SMILES string of the molecule is Cn1cnc2cc(-c3ncnn3C3Cc4ccccc4C3)ccc2c1=O. The third-order valence-corrected chi connectivity index (χ3v) is 5.13. The van der Waals surface area contributed by atoms with Gasteiger partial charge in [0, 0.05) is 12.6 Å². The summed E-state index contributed by atoms with van der Waals surface area (Å²) in [6.07, 6.45) is 5.06. The first-order valence-corrected chi connectivity index (χ1v) is 8.63. The number of benzene rings is 2. The molecule has 0 bridgehead atoms. The molecule has 26 heavy (non-hydrogen) atoms. The molecular formula is C20H17N5O. The van der Waals surface area contributed by atoms with Crippen molar-refractivity contribution in [2.45, 2.75) is 18.9 Å². The molecule has 128 valence electrons. The van der Waals surface area contributed by atoms with Crippen LogP contribution >= 0.6 is 0 Å². The minimum Gasteiger partial charge on any atom is -0.302 e. The molecule has 0 saturated carbocycles. The second kappa shape index (κ2) is 5.62. The first-order valence-electron chi connectivity index (χ1n) is 8.63. The van der Waals surface area contributed by atoms with Gasteiger partial charge < -0.3 is 4.57 Å². The minimum absolute atomic E-state index is 0.0470. The molecule has 2 aromatic carbocycles. The summed E-state index contributed by atoms with van der Waals surface area (Å²) in [5.74, 6) is 0.812. The average Bonchev–Trinajstić information content (AvgIpc) is 3.30. The monoisotopic (exact) mass is 343 g/mol. The van der Waals surface area contributed by atoms with Crippen LogP contribution in [0.1, 0.15) is 17.2 Å². The van der Waals surface area contributed by atoms with Crippen LogP contribution < -0.4 is 5.56 Å². The molecule has 0 aliphatic heterocycles. The van der Waals surface area contributed by atoms with Crippen LogP contribution in [0.4, 0.5) is 0 Å². The summed E-state index contributed by atoms with van der Waals surface area (Å²) in [7, 11) is 1.71. The van der Waals surface area contributed by atoms with Crippen LogP contribution in [-0.4, -0.2) is 24.3 Å². The normalized spacial score (nSPS) is 14.0. The number of nitrogens with zero attached hydrogens (tertiary/aromatic N) is 5. The van der Waals surface area contributed by atoms with Gasteiger partial charge in [0.15, 0.2) is 5.82 Å². The second-order valence-electron chi connectivity index (χ2n) is 6.75. The van der Waals surface area contributed by atoms with Gasteiger partial charge in [-0.2, -0.15) is 5.10 Å². The van der Waals surface area contributed by atoms with Crippen molar-refractivity contribution in [1.29, 1.82) is 0 Å². The Balaban J connectivity index is 1.57. The van der Waals surface area contributed by atoms with Gasteiger partial charge in [0.05, 0.1) is 23.3 Å². The summed E-state index contributed by atoms with van der Waals surface area (Å²) in [5.41, 5.74) is 4.31. The predicted octanol–water partition coefficient (Wildman–Crippen LogP) is 2.53. The Hall–Kier alpha value is -3.28. The maximum atomic E-state index is 12.2. The molecule has 4 aromatic rings. The average molecular weight is 343 g/mol. The van der Waals surface area contributed by atoms with Crippen LogP contribution in [-0.2, 0) is 19.9 Å². The molecule has 2 heterocycles. The van der Waals surface area contributed by atoms with Crippen molar-refractivity contribution in [1.82, 2.24) is 24.3 Å². The van der Waals surface area contributed by atoms with Crippen LogP contribution in [0.15, 0.2) is 59.9 Å². The van der Waals surface area contributed by atoms with Crippen LogP contribution in [0.2, 0.25) is 0 Å². The van der Waals surface area contributed by atoms with E-state index in [1.165, 1.54) is 15.7 Å². The molecule has 0 fully saturated rings. The molecule has 0 saturated heterocycles. The molecule has 0 N–H and O–H groups in total. The molecule has 2 aromatic heterocycles. The molecule has 0 radical (unpaired) electrons. The summed E-state index contributed by atoms with van der Waals surface area (Å²) >= 11 is 0. The van der Waals surface area contributed by atoms with E-state index in [1.54, 1.807) is 19.7 Å². The molecule has 0 spiro atoms. The molecule has 6 nitrogen and oxygen atoms in total. The van der Waals surface area contributed by atoms with Gasteiger partial charge in [-0.15, -0.1) is 0 Å². The molecule has 0 amide bonds. The Morgan fingerprint density at radius 3 is 2.58 bits per heavy atom. The summed E-state index contributed by atoms with van der Waals surface area (Å²) in [6, 6.07) is 14.5. The van der Waals surface area contributed by atoms with Crippen LogP contribution in [0.3, 0.4) is 0 Å². The molecular weight excluding hydrogens is 326 g/mol. The smallest absolute Gasteiger partial charge is 0.260 e. The predicted molar refractivity (Wildman–Crippen MR) is 98.9 cm³/mol. The number of hydrogen-bond donors (Lipinski definition) is 0. The summed E-state index contributed by atoms with van der Waals surface area (Å²) < 4.78 is 3.49. The van der Waals surface area contributed by atoms with Crippen molar-refractivity contribution in [3.05, 3.63) is 76.6 Å². The second-order valence-corrected chi connectivity index (χ2v) is 6.75. The third kappa shape index (κ3) is 2.26. The maximum Gasteiger partial charge on any atom is 0.260 e. The number of aromatic nitrogens is 5. The lowest BCUT2D eigenvalue weighted by atomic mass is 10.1. The van der Waals surface area contributed by atoms with Gasteiger partial charge in [-0.3, -0.25) is 4.79 Å². The van der Waals surface area contributed by atoms with E-state index < -0.39 is 0 Å². The highest BCUT2D eigenvalue weighted by atomic mass is 16.1. The Morgan fingerprint density at radius 2 is 1.81 bits per heavy atom. The molecule has 1 aliphatic carbocycles. The van der Waals surface area contributed by atoms with Gasteiger partial charge in [0.1, 0.15) is 6.33 Å². The summed E-state index contributed by atoms with van der Waals surface area (Å²) in [4.78, 5) is 21.1. The summed E-state index contributed by atoms with van der Waals surface area (Å²) in [6.45, 7) is 0. The van der Waals surface area contributed by atoms with E-state index in [9.17, 15) is 4.79 Å². The fourth-order valence-electron chi connectivity index (χ4n) is 3.78. The topological polar surface area (TPSA) is 65.6 Å². The van der Waals surface area contributed by atoms with Crippen molar-refractivity contribution in [3.8, 4) is 11.4 Å². The van der Waals surface area contributed by atoms with Crippen molar-refractivity contribution in [2.24, 2.45) is 7.05 Å². The van der Waals surface area contributed by atoms with Gasteiger partial charge in [0.25, 0.3) is 5.56 Å². The highest BCUT2D eigenvalue weighted by molar-refractivity contribution is 5.82. The molecule has 1 aliphatic rings. The van der Waals surface area contributed by atoms with Crippen LogP contribution in [0.25, 0.3) is 22.3 Å². The van der Waals surface area contributed by atoms with E-state index >= 15 is 0 Å². The Labute approximate surface area is 149 Å². The van der Waals surface area contributed by atoms with Gasteiger partial charge in [0.2, 0.25) is 0 Å². The summed E-state index contributed by atoms with van der Waals surface area (Å²) in [5, 5.41) is 5.10. The van der Waals surface area contributed by atoms with Gasteiger partial charge in [-0.25, -0.2) is 14.6 Å². The van der Waals surface area contributed by atoms with Gasteiger partial charge in [-0.05, 0) is 36.1 Å². The zero-order valence-corrected chi connectivity index (χ0v) is 14.3. The highest BCUT2D eigenvalue weighted by Gasteiger charge is 2.25. The van der Waals surface area contributed by atoms with Crippen molar-refractivity contribution in [3.63, 3.8) is 0 Å². The number of aryl methyl sites for hydroxylation is 1. The third-order valence-electron chi connectivity index (χ3n) is 5.13. The zero-order valence-electron chi connectivity index (χ0n) is 14.3. The van der Waals surface area contributed by atoms with Gasteiger partial charge in [-0.1, -0.05) is 30.3 Å². The quantitative estimate of drug-likeness (QED) is 0.561. The van der Waals surface area contributed by atoms with E-state index in [1.807, 2.05) is 22.9 Å². The minimum atomic E-state index is -0.0470. The lowest BCUT2D eigenvalue weighted by molar-refractivity contribution is 0.479. The van der Waals surface area contributed by atoms with Crippen molar-refractivity contribution >= 4 is 10.9 Å². The Morgan fingerprint density at radius 1 is 1.04 bits per heavy atom. The standard InChI is InChI=1S/C20H17N5O/c1-24-12-22-18-10-15(6-7-17(18)20(24)26)19-21-11-23-25(19)16-8-13-4-2-3-5-14(13)9-16/h2-7,10-12,16H,8-9H2,1H3. The lowest BCUT2D eigenvalue weighted by Gasteiger charge is -2.13. The zero-order chi connectivity index (χ0) is 17.7. The molecule has 0 unspecified atom stereocenters. The van der Waals surface area contributed by atoms with Crippen molar-refractivity contribution in [2.75, 3.05) is 0 Å². The first-order chi connectivity index (χ1) is 12.7. The van der Waals surface area contributed by atoms with Crippen LogP contribution in [0.5, 0.6) is 0 Å². The number of fused-ring (bicyclic) bond motifs is 2. The van der Waals surface area contributed by atoms with E-state index in [0.717, 1.165) is 24.2 Å². The fraction of sp³-hybridized carbons (Fsp3) is 0.200. The van der Waals surface area contributed by atoms with Crippen molar-refractivity contribution < 1.29 is 0 Å². The number of rotatable bonds is 2. The largest absolute Gasteiger partial charge is 0.302 e. The fourth-order valence-corrected chi connectivity index (χ4v) is 3.78.